The summed E-state index contributed by atoms with van der Waals surface area (Å²) in [6.07, 6.45) is -1.35. The van der Waals surface area contributed by atoms with Gasteiger partial charge in [0.25, 0.3) is 0 Å². The first kappa shape index (κ1) is 88.0. The molecule has 0 aliphatic rings. The van der Waals surface area contributed by atoms with Gasteiger partial charge in [-0.25, -0.2) is 0 Å². The summed E-state index contributed by atoms with van der Waals surface area (Å²) in [5, 5.41) is 69.5. The summed E-state index contributed by atoms with van der Waals surface area (Å²) in [5.41, 5.74) is 34.0. The fourth-order valence-electron chi connectivity index (χ4n) is 9.16. The zero-order valence-corrected chi connectivity index (χ0v) is 58.5. The van der Waals surface area contributed by atoms with Crippen molar-refractivity contribution >= 4 is 113 Å². The highest BCUT2D eigenvalue weighted by atomic mass is 32.1. The largest absolute Gasteiger partial charge is 0.508 e. The number of rotatable bonds is 46. The van der Waals surface area contributed by atoms with Crippen molar-refractivity contribution in [2.24, 2.45) is 50.3 Å². The van der Waals surface area contributed by atoms with Crippen molar-refractivity contribution in [3.63, 3.8) is 0 Å². The molecule has 0 heterocycles. The Morgan fingerprint density at radius 2 is 0.786 bits per heavy atom. The average Bonchev–Trinajstić information content (AvgIpc) is 0.867. The number of hydrogen-bond acceptors (Lipinski definition) is 22. The molecule has 0 unspecified atom stereocenters. The lowest BCUT2D eigenvalue weighted by Crippen LogP contribution is -2.60. The van der Waals surface area contributed by atoms with Gasteiger partial charge < -0.3 is 124 Å². The average molecular weight is 1470 g/mol. The van der Waals surface area contributed by atoms with E-state index < -0.39 is 194 Å². The maximum absolute atomic E-state index is 13.9. The quantitative estimate of drug-likeness (QED) is 0.0127. The van der Waals surface area contributed by atoms with Crippen LogP contribution in [0.1, 0.15) is 90.7 Å². The maximum atomic E-state index is 13.9. The molecule has 0 saturated heterocycles. The molecule has 41 heteroatoms. The van der Waals surface area contributed by atoms with Gasteiger partial charge in [0.1, 0.15) is 71.9 Å². The van der Waals surface area contributed by atoms with E-state index in [2.05, 4.69) is 91.7 Å². The Balaban J connectivity index is 2.05. The van der Waals surface area contributed by atoms with E-state index in [1.165, 1.54) is 69.3 Å². The molecule has 11 atom stereocenters. The van der Waals surface area contributed by atoms with E-state index >= 15 is 0 Å². The summed E-state index contributed by atoms with van der Waals surface area (Å²) in [7, 11) is 0. The number of aromatic hydroxyl groups is 2. The van der Waals surface area contributed by atoms with E-state index in [1.54, 1.807) is 0 Å². The summed E-state index contributed by atoms with van der Waals surface area (Å²) in [6.45, 7) is 4.30. The van der Waals surface area contributed by atoms with Gasteiger partial charge in [-0.3, -0.25) is 81.9 Å². The SMILES string of the molecule is CC(C)C[C@H](N)C(=O)N[C@@H](Cc1ccc(O)cc1)C(=O)N[C@@H](CCCN=C(N)N)C(=O)N[C@@H](C)C(=O)NCC(=O)N[C@@H](C)C(=O)NCC(=O)NCC(=O)N[C@@H](CS)C(=O)N[C@@H](CCCN=C(N)N)C(=O)N[C@@H](C)C(=O)N[C@@H](CCC(=O)O)C(=O)N[C@@H](Cc1ccc(O)cc1)C(=O)N[C@@H](CO)C(N)=O. The Kier molecular flexibility index (Phi) is 39.0. The van der Waals surface area contributed by atoms with Crippen LogP contribution < -0.4 is 104 Å². The summed E-state index contributed by atoms with van der Waals surface area (Å²) < 4.78 is 0. The second-order valence-corrected chi connectivity index (χ2v) is 24.4. The van der Waals surface area contributed by atoms with Crippen LogP contribution in [0, 0.1) is 5.92 Å². The molecule has 0 bridgehead atoms. The minimum atomic E-state index is -1.69. The monoisotopic (exact) mass is 1470 g/mol. The number of hydrogen-bond donors (Lipinski definition) is 24. The van der Waals surface area contributed by atoms with E-state index in [4.69, 9.17) is 34.4 Å². The number of benzene rings is 2. The lowest BCUT2D eigenvalue weighted by atomic mass is 10.0. The van der Waals surface area contributed by atoms with Crippen LogP contribution in [0.4, 0.5) is 0 Å². The first-order chi connectivity index (χ1) is 48.4. The third kappa shape index (κ3) is 35.2. The molecule has 29 N–H and O–H groups in total. The van der Waals surface area contributed by atoms with Crippen LogP contribution in [-0.2, 0) is 84.8 Å². The van der Waals surface area contributed by atoms with Crippen LogP contribution in [0.3, 0.4) is 0 Å². The number of thiol groups is 1. The van der Waals surface area contributed by atoms with Crippen molar-refractivity contribution in [2.45, 2.75) is 159 Å². The molecule has 103 heavy (non-hydrogen) atoms. The number of carbonyl (C=O) groups excluding carboxylic acids is 14. The number of phenolic OH excluding ortho intramolecular Hbond substituents is 2. The zero-order valence-electron chi connectivity index (χ0n) is 57.6. The van der Waals surface area contributed by atoms with Gasteiger partial charge in [0.05, 0.1) is 32.3 Å². The van der Waals surface area contributed by atoms with E-state index in [-0.39, 0.29) is 86.7 Å². The number of aliphatic hydroxyl groups excluding tert-OH is 1. The number of carbonyl (C=O) groups is 15. The van der Waals surface area contributed by atoms with Crippen molar-refractivity contribution < 1.29 is 92.3 Å². The molecule has 0 saturated carbocycles. The third-order valence-corrected chi connectivity index (χ3v) is 15.1. The number of nitrogens with zero attached hydrogens (tertiary/aromatic N) is 2. The van der Waals surface area contributed by atoms with Crippen LogP contribution in [0.15, 0.2) is 58.5 Å². The van der Waals surface area contributed by atoms with E-state index in [9.17, 15) is 92.3 Å². The molecule has 0 aliphatic carbocycles. The number of aliphatic carboxylic acids is 1. The van der Waals surface area contributed by atoms with Crippen molar-refractivity contribution in [3.05, 3.63) is 59.7 Å². The Morgan fingerprint density at radius 3 is 1.21 bits per heavy atom. The van der Waals surface area contributed by atoms with Crippen molar-refractivity contribution in [2.75, 3.05) is 45.1 Å². The molecule has 0 fully saturated rings. The lowest BCUT2D eigenvalue weighted by molar-refractivity contribution is -0.138. The zero-order chi connectivity index (χ0) is 77.6. The number of phenols is 2. The summed E-state index contributed by atoms with van der Waals surface area (Å²) in [4.78, 5) is 205. The number of aliphatic hydroxyl groups is 1. The minimum absolute atomic E-state index is 0.0417. The van der Waals surface area contributed by atoms with Gasteiger partial charge in [-0.05, 0) is 101 Å². The number of aliphatic imine (C=N–C) groups is 2. The van der Waals surface area contributed by atoms with Crippen LogP contribution >= 0.6 is 12.6 Å². The van der Waals surface area contributed by atoms with Crippen LogP contribution in [-0.4, -0.2) is 233 Å². The van der Waals surface area contributed by atoms with Crippen molar-refractivity contribution in [3.8, 4) is 11.5 Å². The molecule has 14 amide bonds. The number of carboxylic acids is 1. The van der Waals surface area contributed by atoms with Gasteiger partial charge in [-0.1, -0.05) is 38.1 Å². The number of primary amides is 1. The Labute approximate surface area is 597 Å². The molecule has 0 aromatic heterocycles. The first-order valence-corrected chi connectivity index (χ1v) is 33.1. The highest BCUT2D eigenvalue weighted by molar-refractivity contribution is 7.80. The fourth-order valence-corrected chi connectivity index (χ4v) is 9.42. The smallest absolute Gasteiger partial charge is 0.303 e. The molecule has 0 aliphatic heterocycles. The van der Waals surface area contributed by atoms with E-state index in [1.807, 2.05) is 13.8 Å². The normalized spacial score (nSPS) is 14.0. The topological polar surface area (TPSA) is 674 Å². The number of nitrogens with one attached hydrogen (secondary N) is 13. The van der Waals surface area contributed by atoms with Gasteiger partial charge >= 0.3 is 5.97 Å². The molecular weight excluding hydrogens is 1370 g/mol. The Morgan fingerprint density at radius 1 is 0.427 bits per heavy atom. The number of nitrogens with two attached hydrogens (primary N) is 6. The molecule has 570 valence electrons. The second-order valence-electron chi connectivity index (χ2n) is 24.0. The van der Waals surface area contributed by atoms with Gasteiger partial charge in [0.15, 0.2) is 11.9 Å². The predicted octanol–water partition coefficient (Wildman–Crippen LogP) is -9.11. The molecule has 2 aromatic rings. The van der Waals surface area contributed by atoms with Crippen molar-refractivity contribution in [1.82, 2.24) is 69.1 Å². The van der Waals surface area contributed by atoms with E-state index in [0.29, 0.717) is 17.5 Å². The maximum Gasteiger partial charge on any atom is 0.303 e. The van der Waals surface area contributed by atoms with E-state index in [0.717, 1.165) is 0 Å². The third-order valence-electron chi connectivity index (χ3n) is 14.8. The van der Waals surface area contributed by atoms with Crippen molar-refractivity contribution in [1.29, 1.82) is 0 Å². The summed E-state index contributed by atoms with van der Waals surface area (Å²) in [6, 6.07) is -4.27. The predicted molar refractivity (Wildman–Crippen MR) is 373 cm³/mol. The summed E-state index contributed by atoms with van der Waals surface area (Å²) >= 11 is 4.14. The number of amides is 14. The molecular formula is C62H97N21O19S. The standard InChI is InChI=1S/C62H97N21O19S/c1-30(2)22-38(63)54(96)81-42(23-34-10-14-36(85)15-11-34)58(100)79-39(8-6-20-69-61(65)66)55(97)75-32(4)52(94)73-27-47(88)74-31(3)51(93)72-25-46(87)71-26-48(89)77-45(29-103)60(102)80-40(9-7-21-70-62(67)68)56(98)76-33(5)53(95)78-41(18-19-49(90)91)57(99)82-43(24-35-12-16-37(86)17-13-35)59(101)83-44(28-84)50(64)92/h10-17,30-33,38-45,84-86,103H,6-9,18-29,63H2,1-5H3,(H2,64,92)(H,71,87)(H,72,93)(H,73,94)(H,74,88)(H,75,97)(H,76,98)(H,77,89)(H,78,95)(H,79,100)(H,80,102)(H,81,96)(H,82,99)(H,83,101)(H,90,91)(H4,65,66,69)(H4,67,68,70)/t31-,32-,33-,38-,39-,40-,41-,42-,43-,44-,45-/m0/s1. The highest BCUT2D eigenvalue weighted by Crippen LogP contribution is 2.15. The highest BCUT2D eigenvalue weighted by Gasteiger charge is 2.34. The van der Waals surface area contributed by atoms with Gasteiger partial charge in [0, 0.05) is 38.1 Å². The lowest BCUT2D eigenvalue weighted by Gasteiger charge is -2.26. The number of carboxylic acid groups (broad SMARTS) is 1. The fraction of sp³-hybridized carbons (Fsp3) is 0.532. The minimum Gasteiger partial charge on any atom is -0.508 e. The Bertz CT molecular complexity index is 3320. The van der Waals surface area contributed by atoms with Gasteiger partial charge in [0.2, 0.25) is 82.7 Å². The molecule has 2 rings (SSSR count). The van der Waals surface area contributed by atoms with Crippen LogP contribution in [0.25, 0.3) is 0 Å². The van der Waals surface area contributed by atoms with Gasteiger partial charge in [-0.2, -0.15) is 12.6 Å². The number of guanidine groups is 2. The Hall–Kier alpha value is -11.1. The van der Waals surface area contributed by atoms with Crippen LogP contribution in [0.2, 0.25) is 0 Å². The molecule has 0 radical (unpaired) electrons. The van der Waals surface area contributed by atoms with Gasteiger partial charge in [-0.15, -0.1) is 0 Å². The van der Waals surface area contributed by atoms with Crippen LogP contribution in [0.5, 0.6) is 11.5 Å². The summed E-state index contributed by atoms with van der Waals surface area (Å²) in [5.74, 6) is -15.5. The second kappa shape index (κ2) is 45.6. The first-order valence-electron chi connectivity index (χ1n) is 32.4. The molecule has 40 nitrogen and oxygen atoms in total. The molecule has 0 spiro atoms. The molecule has 2 aromatic carbocycles.